The Morgan fingerprint density at radius 1 is 1.30 bits per heavy atom. The third kappa shape index (κ3) is 7.16. The van der Waals surface area contributed by atoms with Crippen LogP contribution in [0.1, 0.15) is 58.8 Å². The number of amides is 1. The molecule has 1 saturated heterocycles. The first kappa shape index (κ1) is 31.7. The van der Waals surface area contributed by atoms with Crippen molar-refractivity contribution in [1.82, 2.24) is 19.7 Å². The Kier molecular flexibility index (Phi) is 9.09. The molecule has 5 rings (SSSR count). The largest absolute Gasteiger partial charge is 0.466 e. The Bertz CT molecular complexity index is 1670. The van der Waals surface area contributed by atoms with Gasteiger partial charge < -0.3 is 14.5 Å². The van der Waals surface area contributed by atoms with Crippen molar-refractivity contribution in [2.24, 2.45) is 12.2 Å². The maximum Gasteiger partial charge on any atom is 0.434 e. The Labute approximate surface area is 261 Å². The smallest absolute Gasteiger partial charge is 0.434 e. The van der Waals surface area contributed by atoms with Gasteiger partial charge in [-0.25, -0.2) is 4.98 Å². The second-order valence-electron chi connectivity index (χ2n) is 9.98. The third-order valence-corrected chi connectivity index (χ3v) is 9.77. The highest BCUT2D eigenvalue weighted by Crippen LogP contribution is 2.40. The first-order valence-corrected chi connectivity index (χ1v) is 16.5. The van der Waals surface area contributed by atoms with E-state index in [-0.39, 0.29) is 22.2 Å². The summed E-state index contributed by atoms with van der Waals surface area (Å²) in [5.74, 6) is -1.18. The molecule has 1 unspecified atom stereocenters. The monoisotopic (exact) mass is 725 g/mol. The summed E-state index contributed by atoms with van der Waals surface area (Å²) in [4.78, 5) is 24.6. The van der Waals surface area contributed by atoms with Gasteiger partial charge in [-0.2, -0.15) is 21.6 Å². The Hall–Kier alpha value is -2.73. The standard InChI is InChI=1S/C25H24BrClF3N5O6S2/c1-34-22(25(28,29)30)21(26)23(32-34)40-10-19(36)35-7-5-13(6-8-35)24-31-17(11-42-24)16-9-18(41-33-16)20-14(12-43(37,38)39)3-2-4-15(20)27/h2-4,11,13,18H,5-10,12H2,1H3,(H,37,38,39). The molecule has 18 heteroatoms. The van der Waals surface area contributed by atoms with Crippen LogP contribution in [0.4, 0.5) is 13.2 Å². The average Bonchev–Trinajstić information content (AvgIpc) is 3.65. The summed E-state index contributed by atoms with van der Waals surface area (Å²) >= 11 is 10.7. The number of hydrogen-bond donors (Lipinski definition) is 1. The van der Waals surface area contributed by atoms with E-state index in [2.05, 4.69) is 26.2 Å². The van der Waals surface area contributed by atoms with Gasteiger partial charge in [-0.1, -0.05) is 28.9 Å². The lowest BCUT2D eigenvalue weighted by molar-refractivity contribution is -0.144. The van der Waals surface area contributed by atoms with Gasteiger partial charge >= 0.3 is 6.18 Å². The molecule has 0 bridgehead atoms. The lowest BCUT2D eigenvalue weighted by Crippen LogP contribution is -2.40. The highest BCUT2D eigenvalue weighted by Gasteiger charge is 2.39. The fourth-order valence-corrected chi connectivity index (χ4v) is 7.66. The maximum absolute atomic E-state index is 13.2. The van der Waals surface area contributed by atoms with Crippen LogP contribution >= 0.6 is 38.9 Å². The predicted molar refractivity (Wildman–Crippen MR) is 154 cm³/mol. The average molecular weight is 727 g/mol. The van der Waals surface area contributed by atoms with Crippen molar-refractivity contribution in [3.05, 3.63) is 60.6 Å². The van der Waals surface area contributed by atoms with Crippen LogP contribution in [0.3, 0.4) is 0 Å². The minimum Gasteiger partial charge on any atom is -0.466 e. The number of oxime groups is 1. The number of ether oxygens (including phenoxy) is 1. The number of hydrogen-bond acceptors (Lipinski definition) is 9. The number of carbonyl (C=O) groups excluding carboxylic acids is 1. The quantitative estimate of drug-likeness (QED) is 0.307. The molecule has 2 aliphatic rings. The van der Waals surface area contributed by atoms with Crippen LogP contribution in [0, 0.1) is 0 Å². The number of aryl methyl sites for hydroxylation is 1. The van der Waals surface area contributed by atoms with E-state index < -0.39 is 40.5 Å². The zero-order valence-corrected chi connectivity index (χ0v) is 26.3. The summed E-state index contributed by atoms with van der Waals surface area (Å²) in [6.07, 6.45) is -3.71. The highest BCUT2D eigenvalue weighted by molar-refractivity contribution is 9.10. The zero-order chi connectivity index (χ0) is 31.1. The van der Waals surface area contributed by atoms with Crippen LogP contribution in [0.2, 0.25) is 5.02 Å². The van der Waals surface area contributed by atoms with Gasteiger partial charge in [0, 0.05) is 48.4 Å². The van der Waals surface area contributed by atoms with Gasteiger partial charge in [-0.15, -0.1) is 16.4 Å². The van der Waals surface area contributed by atoms with Crippen molar-refractivity contribution in [2.45, 2.75) is 43.2 Å². The number of piperidine rings is 1. The molecular formula is C25H24BrClF3N5O6S2. The van der Waals surface area contributed by atoms with Crippen molar-refractivity contribution in [2.75, 3.05) is 19.7 Å². The van der Waals surface area contributed by atoms with E-state index in [0.29, 0.717) is 64.6 Å². The Morgan fingerprint density at radius 2 is 2.02 bits per heavy atom. The van der Waals surface area contributed by atoms with Crippen molar-refractivity contribution in [3.63, 3.8) is 0 Å². The minimum atomic E-state index is -4.63. The Balaban J connectivity index is 1.16. The number of rotatable bonds is 8. The first-order valence-electron chi connectivity index (χ1n) is 12.8. The van der Waals surface area contributed by atoms with E-state index in [4.69, 9.17) is 26.2 Å². The number of likely N-dealkylation sites (tertiary alicyclic amines) is 1. The summed E-state index contributed by atoms with van der Waals surface area (Å²) < 4.78 is 77.4. The summed E-state index contributed by atoms with van der Waals surface area (Å²) in [5, 5.41) is 10.9. The molecule has 0 spiro atoms. The van der Waals surface area contributed by atoms with E-state index in [9.17, 15) is 30.9 Å². The second kappa shape index (κ2) is 12.3. The molecule has 232 valence electrons. The summed E-state index contributed by atoms with van der Waals surface area (Å²) in [7, 11) is -3.15. The molecule has 0 saturated carbocycles. The number of benzene rings is 1. The zero-order valence-electron chi connectivity index (χ0n) is 22.3. The van der Waals surface area contributed by atoms with Crippen LogP contribution in [-0.4, -0.2) is 64.0 Å². The highest BCUT2D eigenvalue weighted by atomic mass is 79.9. The molecule has 3 aromatic rings. The van der Waals surface area contributed by atoms with E-state index in [1.807, 2.05) is 5.38 Å². The Morgan fingerprint density at radius 3 is 2.67 bits per heavy atom. The normalized spacial score (nSPS) is 18.1. The summed E-state index contributed by atoms with van der Waals surface area (Å²) in [6.45, 7) is 0.402. The number of nitrogens with zero attached hydrogens (tertiary/aromatic N) is 5. The molecule has 1 atom stereocenters. The van der Waals surface area contributed by atoms with Gasteiger partial charge in [0.15, 0.2) is 18.4 Å². The minimum absolute atomic E-state index is 0.0895. The van der Waals surface area contributed by atoms with E-state index in [1.165, 1.54) is 11.3 Å². The van der Waals surface area contributed by atoms with E-state index in [0.717, 1.165) is 12.1 Å². The number of aromatic nitrogens is 3. The number of halogens is 5. The van der Waals surface area contributed by atoms with Crippen LogP contribution < -0.4 is 4.74 Å². The van der Waals surface area contributed by atoms with Gasteiger partial charge in [-0.05, 0) is 40.4 Å². The third-order valence-electron chi connectivity index (χ3n) is 7.05. The lowest BCUT2D eigenvalue weighted by Gasteiger charge is -2.31. The molecule has 1 amide bonds. The molecule has 1 aromatic carbocycles. The van der Waals surface area contributed by atoms with Crippen LogP contribution in [0.15, 0.2) is 33.2 Å². The molecule has 0 aliphatic carbocycles. The maximum atomic E-state index is 13.2. The SMILES string of the molecule is Cn1nc(OCC(=O)N2CCC(c3nc(C4=NOC(c5c(Cl)cccc5CS(=O)(=O)O)C4)cs3)CC2)c(Br)c1C(F)(F)F. The molecule has 2 aliphatic heterocycles. The molecule has 2 aromatic heterocycles. The van der Waals surface area contributed by atoms with Crippen LogP contribution in [0.25, 0.3) is 0 Å². The lowest BCUT2D eigenvalue weighted by atomic mass is 9.97. The van der Waals surface area contributed by atoms with E-state index in [1.54, 1.807) is 23.1 Å². The van der Waals surface area contributed by atoms with Crippen molar-refractivity contribution < 1.29 is 40.5 Å². The number of alkyl halides is 3. The van der Waals surface area contributed by atoms with Gasteiger partial charge in [0.05, 0.1) is 10.7 Å². The second-order valence-corrected chi connectivity index (χ2v) is 13.5. The number of thiazole rings is 1. The van der Waals surface area contributed by atoms with Crippen molar-refractivity contribution >= 4 is 60.6 Å². The molecule has 0 radical (unpaired) electrons. The number of carbonyl (C=O) groups is 1. The van der Waals surface area contributed by atoms with Gasteiger partial charge in [0.25, 0.3) is 16.0 Å². The molecule has 11 nitrogen and oxygen atoms in total. The van der Waals surface area contributed by atoms with Gasteiger partial charge in [0.1, 0.15) is 15.9 Å². The van der Waals surface area contributed by atoms with Crippen LogP contribution in [0.5, 0.6) is 5.88 Å². The van der Waals surface area contributed by atoms with Crippen LogP contribution in [-0.2, 0) is 38.7 Å². The van der Waals surface area contributed by atoms with E-state index >= 15 is 0 Å². The molecule has 1 fully saturated rings. The molecule has 1 N–H and O–H groups in total. The topological polar surface area (TPSA) is 136 Å². The summed E-state index contributed by atoms with van der Waals surface area (Å²) in [5.41, 5.74) is 0.949. The molecule has 4 heterocycles. The molecular weight excluding hydrogens is 703 g/mol. The fraction of sp³-hybridized carbons (Fsp3) is 0.440. The fourth-order valence-electron chi connectivity index (χ4n) is 5.03. The van der Waals surface area contributed by atoms with Crippen molar-refractivity contribution in [1.29, 1.82) is 0 Å². The van der Waals surface area contributed by atoms with Crippen molar-refractivity contribution in [3.8, 4) is 5.88 Å². The first-order chi connectivity index (χ1) is 20.2. The van der Waals surface area contributed by atoms with Gasteiger partial charge in [0.2, 0.25) is 5.88 Å². The van der Waals surface area contributed by atoms with Gasteiger partial charge in [-0.3, -0.25) is 14.0 Å². The summed E-state index contributed by atoms with van der Waals surface area (Å²) in [6, 6.07) is 4.76. The predicted octanol–water partition coefficient (Wildman–Crippen LogP) is 5.35. The molecule has 43 heavy (non-hydrogen) atoms.